The first-order chi connectivity index (χ1) is 11.5. The zero-order chi connectivity index (χ0) is 17.5. The van der Waals surface area contributed by atoms with Crippen LogP contribution in [0.1, 0.15) is 22.8 Å². The van der Waals surface area contributed by atoms with Gasteiger partial charge in [0.25, 0.3) is 0 Å². The number of hydrogen-bond acceptors (Lipinski definition) is 3. The van der Waals surface area contributed by atoms with Crippen LogP contribution in [0.15, 0.2) is 48.5 Å². The SMILES string of the molecule is CCOC(=O)c1cccc(NC(=O)/C=C/c2ccc(Cl)cc2Cl)c1. The van der Waals surface area contributed by atoms with Gasteiger partial charge >= 0.3 is 5.97 Å². The number of hydrogen-bond donors (Lipinski definition) is 1. The second-order valence-corrected chi connectivity index (χ2v) is 5.63. The van der Waals surface area contributed by atoms with Gasteiger partial charge in [0.05, 0.1) is 12.2 Å². The van der Waals surface area contributed by atoms with E-state index in [9.17, 15) is 9.59 Å². The van der Waals surface area contributed by atoms with Gasteiger partial charge in [-0.05, 0) is 48.9 Å². The Kier molecular flexibility index (Phi) is 6.41. The predicted octanol–water partition coefficient (Wildman–Crippen LogP) is 4.82. The van der Waals surface area contributed by atoms with Crippen molar-refractivity contribution >= 4 is 46.8 Å². The molecule has 0 unspecified atom stereocenters. The first-order valence-corrected chi connectivity index (χ1v) is 7.96. The lowest BCUT2D eigenvalue weighted by atomic mass is 10.2. The van der Waals surface area contributed by atoms with Crippen LogP contribution in [0.5, 0.6) is 0 Å². The Morgan fingerprint density at radius 3 is 2.67 bits per heavy atom. The Morgan fingerprint density at radius 1 is 1.17 bits per heavy atom. The molecule has 2 aromatic rings. The molecule has 2 rings (SSSR count). The molecular weight excluding hydrogens is 349 g/mol. The monoisotopic (exact) mass is 363 g/mol. The zero-order valence-corrected chi connectivity index (χ0v) is 14.4. The highest BCUT2D eigenvalue weighted by atomic mass is 35.5. The quantitative estimate of drug-likeness (QED) is 0.611. The van der Waals surface area contributed by atoms with E-state index in [0.29, 0.717) is 33.5 Å². The third-order valence-corrected chi connectivity index (χ3v) is 3.58. The zero-order valence-electron chi connectivity index (χ0n) is 12.9. The number of carbonyl (C=O) groups is 2. The molecule has 0 aromatic heterocycles. The molecule has 0 fully saturated rings. The Labute approximate surface area is 150 Å². The minimum absolute atomic E-state index is 0.292. The topological polar surface area (TPSA) is 55.4 Å². The predicted molar refractivity (Wildman–Crippen MR) is 96.5 cm³/mol. The third-order valence-electron chi connectivity index (χ3n) is 3.02. The fourth-order valence-corrected chi connectivity index (χ4v) is 2.40. The van der Waals surface area contributed by atoms with E-state index in [4.69, 9.17) is 27.9 Å². The van der Waals surface area contributed by atoms with Gasteiger partial charge in [0.2, 0.25) is 5.91 Å². The molecule has 1 N–H and O–H groups in total. The molecule has 0 aliphatic rings. The molecule has 0 radical (unpaired) electrons. The van der Waals surface area contributed by atoms with Crippen molar-refractivity contribution in [2.24, 2.45) is 0 Å². The van der Waals surface area contributed by atoms with E-state index in [1.165, 1.54) is 6.08 Å². The van der Waals surface area contributed by atoms with E-state index in [-0.39, 0.29) is 5.91 Å². The van der Waals surface area contributed by atoms with Crippen LogP contribution in [0, 0.1) is 0 Å². The average molecular weight is 364 g/mol. The standard InChI is InChI=1S/C18H15Cl2NO3/c1-2-24-18(23)13-4-3-5-15(10-13)21-17(22)9-7-12-6-8-14(19)11-16(12)20/h3-11H,2H2,1H3,(H,21,22)/b9-7+. The Bertz CT molecular complexity index is 788. The summed E-state index contributed by atoms with van der Waals surface area (Å²) in [4.78, 5) is 23.7. The lowest BCUT2D eigenvalue weighted by molar-refractivity contribution is -0.111. The number of ether oxygens (including phenoxy) is 1. The molecule has 0 saturated heterocycles. The van der Waals surface area contributed by atoms with Crippen LogP contribution >= 0.6 is 23.2 Å². The lowest BCUT2D eigenvalue weighted by Crippen LogP contribution is -2.09. The summed E-state index contributed by atoms with van der Waals surface area (Å²) in [6, 6.07) is 11.5. The molecular formula is C18H15Cl2NO3. The number of anilines is 1. The first-order valence-electron chi connectivity index (χ1n) is 7.21. The van der Waals surface area contributed by atoms with Crippen molar-refractivity contribution in [1.82, 2.24) is 0 Å². The number of esters is 1. The van der Waals surface area contributed by atoms with Gasteiger partial charge in [0.1, 0.15) is 0 Å². The number of benzene rings is 2. The van der Waals surface area contributed by atoms with Gasteiger partial charge in [-0.15, -0.1) is 0 Å². The largest absolute Gasteiger partial charge is 0.462 e. The molecule has 124 valence electrons. The minimum atomic E-state index is -0.433. The maximum atomic E-state index is 12.0. The number of carbonyl (C=O) groups excluding carboxylic acids is 2. The summed E-state index contributed by atoms with van der Waals surface area (Å²) in [5.41, 5.74) is 1.55. The molecule has 0 saturated carbocycles. The molecule has 2 aromatic carbocycles. The molecule has 1 amide bonds. The summed E-state index contributed by atoms with van der Waals surface area (Å²) in [6.07, 6.45) is 2.94. The van der Waals surface area contributed by atoms with Gasteiger partial charge in [-0.1, -0.05) is 35.3 Å². The minimum Gasteiger partial charge on any atom is -0.462 e. The maximum Gasteiger partial charge on any atom is 0.338 e. The summed E-state index contributed by atoms with van der Waals surface area (Å²) < 4.78 is 4.92. The number of rotatable bonds is 5. The van der Waals surface area contributed by atoms with Crippen molar-refractivity contribution in [2.45, 2.75) is 6.92 Å². The van der Waals surface area contributed by atoms with E-state index in [0.717, 1.165) is 0 Å². The normalized spacial score (nSPS) is 10.6. The highest BCUT2D eigenvalue weighted by molar-refractivity contribution is 6.35. The molecule has 4 nitrogen and oxygen atoms in total. The molecule has 24 heavy (non-hydrogen) atoms. The summed E-state index contributed by atoms with van der Waals surface area (Å²) in [5, 5.41) is 3.66. The Balaban J connectivity index is 2.05. The van der Waals surface area contributed by atoms with Gasteiger partial charge in [0, 0.05) is 21.8 Å². The molecule has 0 spiro atoms. The van der Waals surface area contributed by atoms with Crippen LogP contribution in [0.4, 0.5) is 5.69 Å². The third kappa shape index (κ3) is 5.11. The van der Waals surface area contributed by atoms with Crippen molar-refractivity contribution in [1.29, 1.82) is 0 Å². The second kappa shape index (κ2) is 8.52. The van der Waals surface area contributed by atoms with Gasteiger partial charge < -0.3 is 10.1 Å². The molecule has 0 atom stereocenters. The van der Waals surface area contributed by atoms with Gasteiger partial charge in [-0.2, -0.15) is 0 Å². The van der Waals surface area contributed by atoms with E-state index < -0.39 is 5.97 Å². The second-order valence-electron chi connectivity index (χ2n) is 4.79. The molecule has 0 heterocycles. The van der Waals surface area contributed by atoms with Gasteiger partial charge in [0.15, 0.2) is 0 Å². The highest BCUT2D eigenvalue weighted by Gasteiger charge is 2.07. The van der Waals surface area contributed by atoms with E-state index in [1.807, 2.05) is 0 Å². The molecule has 6 heteroatoms. The lowest BCUT2D eigenvalue weighted by Gasteiger charge is -2.05. The Morgan fingerprint density at radius 2 is 1.96 bits per heavy atom. The fraction of sp³-hybridized carbons (Fsp3) is 0.111. The average Bonchev–Trinajstić information content (AvgIpc) is 2.54. The van der Waals surface area contributed by atoms with Crippen LogP contribution in [0.2, 0.25) is 10.0 Å². The van der Waals surface area contributed by atoms with Crippen molar-refractivity contribution in [3.8, 4) is 0 Å². The smallest absolute Gasteiger partial charge is 0.338 e. The fourth-order valence-electron chi connectivity index (χ4n) is 1.92. The van der Waals surface area contributed by atoms with Crippen LogP contribution < -0.4 is 5.32 Å². The summed E-state index contributed by atoms with van der Waals surface area (Å²) in [5.74, 6) is -0.779. The van der Waals surface area contributed by atoms with Crippen molar-refractivity contribution in [3.63, 3.8) is 0 Å². The summed E-state index contributed by atoms with van der Waals surface area (Å²) >= 11 is 11.9. The number of amides is 1. The molecule has 0 bridgehead atoms. The van der Waals surface area contributed by atoms with Crippen LogP contribution in [0.3, 0.4) is 0 Å². The Hall–Kier alpha value is -2.30. The van der Waals surface area contributed by atoms with E-state index in [1.54, 1.807) is 55.5 Å². The van der Waals surface area contributed by atoms with Crippen LogP contribution in [0.25, 0.3) is 6.08 Å². The maximum absolute atomic E-state index is 12.0. The first kappa shape index (κ1) is 18.0. The van der Waals surface area contributed by atoms with Crippen molar-refractivity contribution < 1.29 is 14.3 Å². The van der Waals surface area contributed by atoms with Crippen LogP contribution in [-0.4, -0.2) is 18.5 Å². The number of nitrogens with one attached hydrogen (secondary N) is 1. The van der Waals surface area contributed by atoms with E-state index in [2.05, 4.69) is 5.32 Å². The van der Waals surface area contributed by atoms with Crippen molar-refractivity contribution in [3.05, 3.63) is 69.7 Å². The van der Waals surface area contributed by atoms with Crippen molar-refractivity contribution in [2.75, 3.05) is 11.9 Å². The van der Waals surface area contributed by atoms with Gasteiger partial charge in [-0.3, -0.25) is 4.79 Å². The van der Waals surface area contributed by atoms with Crippen LogP contribution in [-0.2, 0) is 9.53 Å². The highest BCUT2D eigenvalue weighted by Crippen LogP contribution is 2.22. The molecule has 0 aliphatic heterocycles. The molecule has 0 aliphatic carbocycles. The number of halogens is 2. The van der Waals surface area contributed by atoms with Gasteiger partial charge in [-0.25, -0.2) is 4.79 Å². The van der Waals surface area contributed by atoms with E-state index >= 15 is 0 Å². The summed E-state index contributed by atoms with van der Waals surface area (Å²) in [6.45, 7) is 2.02. The summed E-state index contributed by atoms with van der Waals surface area (Å²) in [7, 11) is 0.